The molecule has 1 aliphatic heterocycles. The first kappa shape index (κ1) is 16.5. The molecular weight excluding hydrogens is 337 g/mol. The van der Waals surface area contributed by atoms with Crippen molar-refractivity contribution in [2.45, 2.75) is 6.54 Å². The number of aromatic nitrogens is 4. The average Bonchev–Trinajstić information content (AvgIpc) is 3.13. The molecule has 1 aliphatic rings. The van der Waals surface area contributed by atoms with Crippen molar-refractivity contribution in [2.75, 3.05) is 31.2 Å². The second-order valence-electron chi connectivity index (χ2n) is 6.06. The van der Waals surface area contributed by atoms with Gasteiger partial charge in [-0.2, -0.15) is 0 Å². The number of ether oxygens (including phenoxy) is 1. The zero-order valence-electron chi connectivity index (χ0n) is 14.1. The van der Waals surface area contributed by atoms with Crippen LogP contribution in [0.15, 0.2) is 53.6 Å². The minimum Gasteiger partial charge on any atom is -0.378 e. The number of benzene rings is 1. The molecule has 2 aromatic heterocycles. The van der Waals surface area contributed by atoms with Gasteiger partial charge >= 0.3 is 0 Å². The molecule has 0 saturated carbocycles. The van der Waals surface area contributed by atoms with Crippen molar-refractivity contribution in [1.29, 1.82) is 0 Å². The first-order valence-corrected chi connectivity index (χ1v) is 8.40. The third-order valence-corrected chi connectivity index (χ3v) is 4.32. The van der Waals surface area contributed by atoms with Crippen LogP contribution in [0.2, 0.25) is 0 Å². The monoisotopic (exact) mass is 355 g/mol. The summed E-state index contributed by atoms with van der Waals surface area (Å²) in [5.41, 5.74) is 1.66. The summed E-state index contributed by atoms with van der Waals surface area (Å²) < 4.78 is 22.9. The predicted molar refractivity (Wildman–Crippen MR) is 94.2 cm³/mol. The molecule has 0 spiro atoms. The van der Waals surface area contributed by atoms with E-state index in [0.717, 1.165) is 0 Å². The van der Waals surface area contributed by atoms with Crippen LogP contribution in [0, 0.1) is 5.82 Å². The number of hydrogen-bond acceptors (Lipinski definition) is 5. The van der Waals surface area contributed by atoms with Crippen molar-refractivity contribution in [1.82, 2.24) is 19.6 Å². The van der Waals surface area contributed by atoms with Gasteiger partial charge in [-0.15, -0.1) is 5.10 Å². The Morgan fingerprint density at radius 3 is 2.77 bits per heavy atom. The van der Waals surface area contributed by atoms with Crippen LogP contribution in [0.25, 0.3) is 5.69 Å². The molecule has 1 saturated heterocycles. The maximum absolute atomic E-state index is 14.5. The van der Waals surface area contributed by atoms with E-state index in [1.807, 2.05) is 4.90 Å². The molecule has 26 heavy (non-hydrogen) atoms. The highest BCUT2D eigenvalue weighted by Gasteiger charge is 2.16. The van der Waals surface area contributed by atoms with Gasteiger partial charge in [0.2, 0.25) is 0 Å². The van der Waals surface area contributed by atoms with Crippen LogP contribution in [0.5, 0.6) is 0 Å². The average molecular weight is 355 g/mol. The first-order chi connectivity index (χ1) is 12.7. The number of anilines is 1. The van der Waals surface area contributed by atoms with Crippen molar-refractivity contribution >= 4 is 5.69 Å². The van der Waals surface area contributed by atoms with Gasteiger partial charge in [0, 0.05) is 31.4 Å². The standard InChI is InChI=1S/C18H18FN5O2/c19-16-11-15(4-5-17(16)22-7-9-26-10-8-22)24-13-14(20-21-24)12-23-6-2-1-3-18(23)25/h1-6,11,13H,7-10,12H2. The molecule has 0 bridgehead atoms. The van der Waals surface area contributed by atoms with Gasteiger partial charge in [0.15, 0.2) is 0 Å². The van der Waals surface area contributed by atoms with E-state index in [0.29, 0.717) is 49.9 Å². The molecule has 0 unspecified atom stereocenters. The predicted octanol–water partition coefficient (Wildman–Crippen LogP) is 1.45. The van der Waals surface area contributed by atoms with Crippen LogP contribution in [0.1, 0.15) is 5.69 Å². The molecule has 0 amide bonds. The van der Waals surface area contributed by atoms with E-state index in [9.17, 15) is 9.18 Å². The van der Waals surface area contributed by atoms with E-state index < -0.39 is 0 Å². The largest absolute Gasteiger partial charge is 0.378 e. The summed E-state index contributed by atoms with van der Waals surface area (Å²) in [7, 11) is 0. The number of morpholine rings is 1. The molecule has 4 rings (SSSR count). The molecule has 3 heterocycles. The second kappa shape index (κ2) is 7.09. The second-order valence-corrected chi connectivity index (χ2v) is 6.06. The lowest BCUT2D eigenvalue weighted by Gasteiger charge is -2.29. The fraction of sp³-hybridized carbons (Fsp3) is 0.278. The van der Waals surface area contributed by atoms with Crippen molar-refractivity contribution < 1.29 is 9.13 Å². The summed E-state index contributed by atoms with van der Waals surface area (Å²) in [6.07, 6.45) is 3.39. The molecule has 0 radical (unpaired) electrons. The molecule has 0 atom stereocenters. The van der Waals surface area contributed by atoms with E-state index in [1.54, 1.807) is 36.7 Å². The maximum Gasteiger partial charge on any atom is 0.250 e. The van der Waals surface area contributed by atoms with Crippen LogP contribution >= 0.6 is 0 Å². The van der Waals surface area contributed by atoms with Crippen molar-refractivity contribution in [3.8, 4) is 5.69 Å². The molecule has 0 aliphatic carbocycles. The topological polar surface area (TPSA) is 65.2 Å². The Kier molecular flexibility index (Phi) is 4.49. The summed E-state index contributed by atoms with van der Waals surface area (Å²) in [6.45, 7) is 2.87. The van der Waals surface area contributed by atoms with Crippen LogP contribution in [-0.2, 0) is 11.3 Å². The molecule has 1 aromatic carbocycles. The summed E-state index contributed by atoms with van der Waals surface area (Å²) in [5, 5.41) is 8.12. The molecule has 3 aromatic rings. The quantitative estimate of drug-likeness (QED) is 0.709. The lowest BCUT2D eigenvalue weighted by molar-refractivity contribution is 0.122. The molecule has 134 valence electrons. The summed E-state index contributed by atoms with van der Waals surface area (Å²) in [5.74, 6) is -0.305. The SMILES string of the molecule is O=c1ccccn1Cc1cn(-c2ccc(N3CCOCC3)c(F)c2)nn1. The Bertz CT molecular complexity index is 962. The Morgan fingerprint density at radius 1 is 1.15 bits per heavy atom. The Labute approximate surface area is 149 Å². The normalized spacial score (nSPS) is 14.6. The number of nitrogens with zero attached hydrogens (tertiary/aromatic N) is 5. The number of halogens is 1. The third-order valence-electron chi connectivity index (χ3n) is 4.32. The highest BCUT2D eigenvalue weighted by molar-refractivity contribution is 5.52. The van der Waals surface area contributed by atoms with Crippen LogP contribution < -0.4 is 10.5 Å². The summed E-state index contributed by atoms with van der Waals surface area (Å²) >= 11 is 0. The van der Waals surface area contributed by atoms with E-state index >= 15 is 0 Å². The van der Waals surface area contributed by atoms with E-state index in [1.165, 1.54) is 21.4 Å². The lowest BCUT2D eigenvalue weighted by Crippen LogP contribution is -2.36. The van der Waals surface area contributed by atoms with Gasteiger partial charge < -0.3 is 14.2 Å². The minimum atomic E-state index is -0.305. The molecule has 1 fully saturated rings. The third kappa shape index (κ3) is 3.36. The smallest absolute Gasteiger partial charge is 0.250 e. The zero-order chi connectivity index (χ0) is 17.9. The van der Waals surface area contributed by atoms with Crippen molar-refractivity contribution in [3.05, 3.63) is 70.7 Å². The van der Waals surface area contributed by atoms with Crippen LogP contribution in [0.4, 0.5) is 10.1 Å². The molecular formula is C18H18FN5O2. The van der Waals surface area contributed by atoms with Crippen LogP contribution in [-0.4, -0.2) is 45.9 Å². The maximum atomic E-state index is 14.5. The highest BCUT2D eigenvalue weighted by Crippen LogP contribution is 2.23. The fourth-order valence-corrected chi connectivity index (χ4v) is 2.96. The van der Waals surface area contributed by atoms with E-state index in [2.05, 4.69) is 10.3 Å². The van der Waals surface area contributed by atoms with Gasteiger partial charge in [0.25, 0.3) is 5.56 Å². The minimum absolute atomic E-state index is 0.108. The fourth-order valence-electron chi connectivity index (χ4n) is 2.96. The number of rotatable bonds is 4. The Hall–Kier alpha value is -3.00. The van der Waals surface area contributed by atoms with Gasteiger partial charge in [-0.3, -0.25) is 4.79 Å². The van der Waals surface area contributed by atoms with Gasteiger partial charge in [0.05, 0.1) is 37.3 Å². The molecule has 7 nitrogen and oxygen atoms in total. The highest BCUT2D eigenvalue weighted by atomic mass is 19.1. The van der Waals surface area contributed by atoms with Crippen molar-refractivity contribution in [2.24, 2.45) is 0 Å². The molecule has 8 heteroatoms. The number of pyridine rings is 1. The van der Waals surface area contributed by atoms with E-state index in [-0.39, 0.29) is 11.4 Å². The van der Waals surface area contributed by atoms with Crippen LogP contribution in [0.3, 0.4) is 0 Å². The molecule has 0 N–H and O–H groups in total. The first-order valence-electron chi connectivity index (χ1n) is 8.40. The lowest BCUT2D eigenvalue weighted by atomic mass is 10.2. The summed E-state index contributed by atoms with van der Waals surface area (Å²) in [4.78, 5) is 13.7. The summed E-state index contributed by atoms with van der Waals surface area (Å²) in [6, 6.07) is 9.96. The van der Waals surface area contributed by atoms with Gasteiger partial charge in [-0.05, 0) is 18.2 Å². The number of hydrogen-bond donors (Lipinski definition) is 0. The zero-order valence-corrected chi connectivity index (χ0v) is 14.1. The Balaban J connectivity index is 1.55. The van der Waals surface area contributed by atoms with Gasteiger partial charge in [-0.1, -0.05) is 11.3 Å². The van der Waals surface area contributed by atoms with Crippen molar-refractivity contribution in [3.63, 3.8) is 0 Å². The Morgan fingerprint density at radius 2 is 2.00 bits per heavy atom. The van der Waals surface area contributed by atoms with E-state index in [4.69, 9.17) is 4.74 Å². The van der Waals surface area contributed by atoms with Gasteiger partial charge in [-0.25, -0.2) is 9.07 Å². The van der Waals surface area contributed by atoms with Gasteiger partial charge in [0.1, 0.15) is 11.5 Å².